The number of allylic oxidation sites excluding steroid dienone is 2. The maximum atomic E-state index is 10.5. The molecule has 0 bridgehead atoms. The molecule has 6 aliphatic carbocycles. The molecule has 0 aromatic carbocycles. The summed E-state index contributed by atoms with van der Waals surface area (Å²) in [5, 5.41) is 10.5. The molecular weight excluding hydrogens is 208 g/mol. The Labute approximate surface area is 102 Å². The number of hydrogen-bond acceptors (Lipinski definition) is 1. The zero-order valence-electron chi connectivity index (χ0n) is 10.1. The number of aliphatic hydroxyl groups excluding tert-OH is 1. The van der Waals surface area contributed by atoms with Gasteiger partial charge < -0.3 is 5.11 Å². The Hall–Kier alpha value is -0.300. The third-order valence-corrected chi connectivity index (χ3v) is 7.99. The normalized spacial score (nSPS) is 76.2. The molecule has 1 nitrogen and oxygen atoms in total. The lowest BCUT2D eigenvalue weighted by Gasteiger charge is -2.23. The van der Waals surface area contributed by atoms with Crippen molar-refractivity contribution in [2.24, 2.45) is 59.2 Å². The molecule has 1 heteroatoms. The van der Waals surface area contributed by atoms with Crippen LogP contribution in [0.15, 0.2) is 12.2 Å². The van der Waals surface area contributed by atoms with E-state index in [9.17, 15) is 5.11 Å². The second kappa shape index (κ2) is 2.39. The molecule has 0 amide bonds. The van der Waals surface area contributed by atoms with Crippen LogP contribution in [0.3, 0.4) is 0 Å². The van der Waals surface area contributed by atoms with Crippen molar-refractivity contribution in [3.05, 3.63) is 12.2 Å². The van der Waals surface area contributed by atoms with Crippen LogP contribution in [0.5, 0.6) is 0 Å². The van der Waals surface area contributed by atoms with Gasteiger partial charge in [-0.15, -0.1) is 0 Å². The van der Waals surface area contributed by atoms with Crippen molar-refractivity contribution in [2.75, 3.05) is 0 Å². The van der Waals surface area contributed by atoms with Gasteiger partial charge in [0, 0.05) is 0 Å². The lowest BCUT2D eigenvalue weighted by atomic mass is 9.83. The fraction of sp³-hybridized carbons (Fsp3) is 0.875. The molecule has 0 saturated heterocycles. The van der Waals surface area contributed by atoms with E-state index in [1.807, 2.05) is 0 Å². The smallest absolute Gasteiger partial charge is 0.0579 e. The van der Waals surface area contributed by atoms with Gasteiger partial charge in [-0.05, 0) is 78.4 Å². The zero-order valence-corrected chi connectivity index (χ0v) is 10.1. The summed E-state index contributed by atoms with van der Waals surface area (Å²) < 4.78 is 0. The van der Waals surface area contributed by atoms with E-state index in [1.54, 1.807) is 0 Å². The average molecular weight is 228 g/mol. The first-order valence-corrected chi connectivity index (χ1v) is 7.72. The second-order valence-electron chi connectivity index (χ2n) is 7.80. The van der Waals surface area contributed by atoms with Crippen molar-refractivity contribution >= 4 is 0 Å². The van der Waals surface area contributed by atoms with E-state index in [4.69, 9.17) is 0 Å². The van der Waals surface area contributed by atoms with Crippen LogP contribution in [0.2, 0.25) is 0 Å². The van der Waals surface area contributed by atoms with E-state index in [0.29, 0.717) is 5.92 Å². The number of hydrogen-bond donors (Lipinski definition) is 1. The van der Waals surface area contributed by atoms with Gasteiger partial charge in [0.25, 0.3) is 0 Å². The van der Waals surface area contributed by atoms with Gasteiger partial charge in [-0.1, -0.05) is 12.2 Å². The lowest BCUT2D eigenvalue weighted by Crippen LogP contribution is -2.24. The van der Waals surface area contributed by atoms with E-state index in [0.717, 1.165) is 59.7 Å². The standard InChI is InChI=1S/C16H20O/c17-11-5-10-8-2-1-6-7-3-4-9-13(7)16(12(6)8)15(10)14(9)11/h3-4,6-17H,1-2,5H2/t6?,7?,8?,9?,10?,11-,12?,13?,14?,15?,16?/m1/s1. The highest BCUT2D eigenvalue weighted by molar-refractivity contribution is 5.29. The quantitative estimate of drug-likeness (QED) is 0.631. The minimum absolute atomic E-state index is 0.0454. The summed E-state index contributed by atoms with van der Waals surface area (Å²) in [7, 11) is 0. The van der Waals surface area contributed by atoms with Gasteiger partial charge in [0.15, 0.2) is 0 Å². The first kappa shape index (κ1) is 8.74. The van der Waals surface area contributed by atoms with Crippen LogP contribution in [0.1, 0.15) is 19.3 Å². The van der Waals surface area contributed by atoms with Crippen LogP contribution in [0.25, 0.3) is 0 Å². The second-order valence-corrected chi connectivity index (χ2v) is 7.80. The Morgan fingerprint density at radius 1 is 0.706 bits per heavy atom. The molecular formula is C16H20O. The fourth-order valence-electron chi connectivity index (χ4n) is 8.12. The highest BCUT2D eigenvalue weighted by Gasteiger charge is 2.75. The Morgan fingerprint density at radius 2 is 1.53 bits per heavy atom. The van der Waals surface area contributed by atoms with E-state index in [2.05, 4.69) is 12.2 Å². The predicted octanol–water partition coefficient (Wildman–Crippen LogP) is 2.32. The molecule has 0 spiro atoms. The Morgan fingerprint density at radius 3 is 2.47 bits per heavy atom. The molecule has 0 radical (unpaired) electrons. The van der Waals surface area contributed by atoms with Gasteiger partial charge in [0.05, 0.1) is 6.10 Å². The summed E-state index contributed by atoms with van der Waals surface area (Å²) in [4.78, 5) is 0. The fourth-order valence-corrected chi connectivity index (χ4v) is 8.12. The van der Waals surface area contributed by atoms with Crippen LogP contribution >= 0.6 is 0 Å². The van der Waals surface area contributed by atoms with Gasteiger partial charge >= 0.3 is 0 Å². The molecule has 5 saturated carbocycles. The highest BCUT2D eigenvalue weighted by atomic mass is 16.3. The predicted molar refractivity (Wildman–Crippen MR) is 63.9 cm³/mol. The summed E-state index contributed by atoms with van der Waals surface area (Å²) in [6.45, 7) is 0. The minimum atomic E-state index is 0.0454. The maximum absolute atomic E-state index is 10.5. The van der Waals surface area contributed by atoms with E-state index >= 15 is 0 Å². The number of fused-ring (bicyclic) bond motifs is 3. The molecule has 5 fully saturated rings. The first-order chi connectivity index (χ1) is 8.36. The van der Waals surface area contributed by atoms with Crippen molar-refractivity contribution in [3.63, 3.8) is 0 Å². The van der Waals surface area contributed by atoms with Gasteiger partial charge in [-0.3, -0.25) is 0 Å². The van der Waals surface area contributed by atoms with Gasteiger partial charge in [-0.25, -0.2) is 0 Å². The van der Waals surface area contributed by atoms with Crippen molar-refractivity contribution in [2.45, 2.75) is 25.4 Å². The van der Waals surface area contributed by atoms with Crippen molar-refractivity contribution in [1.82, 2.24) is 0 Å². The van der Waals surface area contributed by atoms with Crippen LogP contribution in [-0.2, 0) is 0 Å². The van der Waals surface area contributed by atoms with E-state index in [1.165, 1.54) is 12.8 Å². The molecule has 10 unspecified atom stereocenters. The average Bonchev–Trinajstić information content (AvgIpc) is 2.93. The van der Waals surface area contributed by atoms with Crippen LogP contribution in [0, 0.1) is 59.2 Å². The van der Waals surface area contributed by atoms with Gasteiger partial charge in [0.1, 0.15) is 0 Å². The van der Waals surface area contributed by atoms with Gasteiger partial charge in [0.2, 0.25) is 0 Å². The molecule has 0 heterocycles. The molecule has 1 N–H and O–H groups in total. The monoisotopic (exact) mass is 228 g/mol. The minimum Gasteiger partial charge on any atom is -0.393 e. The van der Waals surface area contributed by atoms with Crippen molar-refractivity contribution in [1.29, 1.82) is 0 Å². The number of rotatable bonds is 0. The topological polar surface area (TPSA) is 20.2 Å². The highest BCUT2D eigenvalue weighted by Crippen LogP contribution is 2.78. The molecule has 6 aliphatic rings. The molecule has 0 aromatic rings. The summed E-state index contributed by atoms with van der Waals surface area (Å²) in [6, 6.07) is 0. The largest absolute Gasteiger partial charge is 0.393 e. The molecule has 0 aromatic heterocycles. The third kappa shape index (κ3) is 0.683. The molecule has 17 heavy (non-hydrogen) atoms. The Balaban J connectivity index is 1.63. The summed E-state index contributed by atoms with van der Waals surface area (Å²) in [6.07, 6.45) is 9.29. The van der Waals surface area contributed by atoms with Crippen molar-refractivity contribution < 1.29 is 5.11 Å². The van der Waals surface area contributed by atoms with E-state index in [-0.39, 0.29) is 6.10 Å². The molecule has 11 atom stereocenters. The Bertz CT molecular complexity index is 441. The SMILES string of the molecule is O[C@@H]1CC2C3CCC4C5C=CC6C5C(C43)C2C61. The molecule has 90 valence electrons. The van der Waals surface area contributed by atoms with Crippen molar-refractivity contribution in [3.8, 4) is 0 Å². The maximum Gasteiger partial charge on any atom is 0.0579 e. The van der Waals surface area contributed by atoms with E-state index < -0.39 is 0 Å². The van der Waals surface area contributed by atoms with Crippen LogP contribution in [0.4, 0.5) is 0 Å². The third-order valence-electron chi connectivity index (χ3n) is 7.99. The first-order valence-electron chi connectivity index (χ1n) is 7.72. The van der Waals surface area contributed by atoms with Crippen LogP contribution in [-0.4, -0.2) is 11.2 Å². The molecule has 6 rings (SSSR count). The van der Waals surface area contributed by atoms with Crippen LogP contribution < -0.4 is 0 Å². The zero-order chi connectivity index (χ0) is 10.9. The number of aliphatic hydroxyl groups is 1. The lowest BCUT2D eigenvalue weighted by molar-refractivity contribution is 0.0976. The van der Waals surface area contributed by atoms with Gasteiger partial charge in [-0.2, -0.15) is 0 Å². The molecule has 0 aliphatic heterocycles. The Kier molecular flexibility index (Phi) is 1.23. The summed E-state index contributed by atoms with van der Waals surface area (Å²) in [5.74, 6) is 9.41. The summed E-state index contributed by atoms with van der Waals surface area (Å²) in [5.41, 5.74) is 0. The summed E-state index contributed by atoms with van der Waals surface area (Å²) >= 11 is 0.